The summed E-state index contributed by atoms with van der Waals surface area (Å²) in [4.78, 5) is 22.6. The number of hydrogen-bond donors (Lipinski definition) is 1. The second-order valence-corrected chi connectivity index (χ2v) is 12.9. The van der Waals surface area contributed by atoms with Crippen LogP contribution in [0.25, 0.3) is 0 Å². The lowest BCUT2D eigenvalue weighted by molar-refractivity contribution is -0.133. The third kappa shape index (κ3) is 5.74. The van der Waals surface area contributed by atoms with Crippen molar-refractivity contribution in [2.75, 3.05) is 39.3 Å². The molecule has 1 N–H and O–H groups in total. The number of likely N-dealkylation sites (tertiary alicyclic amines) is 1. The first kappa shape index (κ1) is 26.5. The second kappa shape index (κ2) is 11.8. The van der Waals surface area contributed by atoms with E-state index in [-0.39, 0.29) is 6.04 Å². The second-order valence-electron chi connectivity index (χ2n) is 11.5. The van der Waals surface area contributed by atoms with Crippen LogP contribution in [0.2, 0.25) is 5.02 Å². The Labute approximate surface area is 240 Å². The van der Waals surface area contributed by atoms with Gasteiger partial charge in [-0.3, -0.25) is 14.7 Å². The molecule has 0 spiro atoms. The maximum atomic E-state index is 12.9. The van der Waals surface area contributed by atoms with E-state index in [4.69, 9.17) is 16.6 Å². The van der Waals surface area contributed by atoms with Crippen molar-refractivity contribution in [3.05, 3.63) is 74.0 Å². The van der Waals surface area contributed by atoms with Crippen LogP contribution in [-0.2, 0) is 17.6 Å². The number of carbonyl (C=O) groups excluding carboxylic acids is 1. The first-order chi connectivity index (χ1) is 18.5. The van der Waals surface area contributed by atoms with E-state index in [9.17, 15) is 4.79 Å². The molecular weight excluding hydrogens is 560 g/mol. The number of amides is 1. The van der Waals surface area contributed by atoms with Crippen LogP contribution >= 0.6 is 27.5 Å². The predicted octanol–water partition coefficient (Wildman–Crippen LogP) is 5.95. The third-order valence-corrected chi connectivity index (χ3v) is 9.89. The molecule has 1 unspecified atom stereocenters. The van der Waals surface area contributed by atoms with Crippen LogP contribution in [0.15, 0.2) is 46.6 Å². The smallest absolute Gasteiger partial charge is 0.222 e. The molecule has 6 rings (SSSR count). The summed E-state index contributed by atoms with van der Waals surface area (Å²) in [6, 6.07) is 8.80. The SMILES string of the molecule is O=C(CC1CCNCC1)N1CCC(C2=CCN(C3c4ccc(Cl)cc4CCc4cc(Br)cnc43)CC2)CC1. The van der Waals surface area contributed by atoms with E-state index in [0.29, 0.717) is 17.7 Å². The van der Waals surface area contributed by atoms with Gasteiger partial charge in [0, 0.05) is 48.3 Å². The maximum Gasteiger partial charge on any atom is 0.222 e. The fourth-order valence-corrected chi connectivity index (χ4v) is 7.62. The van der Waals surface area contributed by atoms with E-state index in [1.807, 2.05) is 12.3 Å². The number of nitrogens with one attached hydrogen (secondary N) is 1. The lowest BCUT2D eigenvalue weighted by atomic mass is 9.84. The number of carbonyl (C=O) groups is 1. The number of aromatic nitrogens is 1. The first-order valence-corrected chi connectivity index (χ1v) is 15.6. The molecule has 2 aromatic rings. The lowest BCUT2D eigenvalue weighted by Crippen LogP contribution is -2.41. The fourth-order valence-electron chi connectivity index (χ4n) is 7.05. The highest BCUT2D eigenvalue weighted by atomic mass is 79.9. The monoisotopic (exact) mass is 596 g/mol. The van der Waals surface area contributed by atoms with Gasteiger partial charge in [-0.2, -0.15) is 0 Å². The molecule has 3 aliphatic heterocycles. The highest BCUT2D eigenvalue weighted by Gasteiger charge is 2.33. The molecule has 1 amide bonds. The number of benzene rings is 1. The van der Waals surface area contributed by atoms with Crippen molar-refractivity contribution in [3.8, 4) is 0 Å². The molecule has 0 bridgehead atoms. The van der Waals surface area contributed by atoms with Gasteiger partial charge in [0.15, 0.2) is 0 Å². The Kier molecular flexibility index (Phi) is 8.22. The van der Waals surface area contributed by atoms with Crippen molar-refractivity contribution in [3.63, 3.8) is 0 Å². The average Bonchev–Trinajstić information content (AvgIpc) is 3.10. The Morgan fingerprint density at radius 1 is 1.03 bits per heavy atom. The van der Waals surface area contributed by atoms with Crippen LogP contribution in [0.1, 0.15) is 67.0 Å². The van der Waals surface area contributed by atoms with Gasteiger partial charge in [0.05, 0.1) is 11.7 Å². The molecule has 5 nitrogen and oxygen atoms in total. The summed E-state index contributed by atoms with van der Waals surface area (Å²) in [7, 11) is 0. The number of rotatable bonds is 4. The minimum Gasteiger partial charge on any atom is -0.343 e. The van der Waals surface area contributed by atoms with E-state index >= 15 is 0 Å². The number of fused-ring (bicyclic) bond motifs is 2. The van der Waals surface area contributed by atoms with Gasteiger partial charge >= 0.3 is 0 Å². The Morgan fingerprint density at radius 3 is 2.58 bits per heavy atom. The molecule has 4 aliphatic rings. The van der Waals surface area contributed by atoms with E-state index in [1.165, 1.54) is 22.4 Å². The third-order valence-electron chi connectivity index (χ3n) is 9.23. The summed E-state index contributed by atoms with van der Waals surface area (Å²) in [5, 5.41) is 4.21. The van der Waals surface area contributed by atoms with Gasteiger partial charge in [-0.05, 0) is 121 Å². The molecule has 0 saturated carbocycles. The number of aryl methyl sites for hydroxylation is 2. The van der Waals surface area contributed by atoms with Crippen LogP contribution in [0.5, 0.6) is 0 Å². The minimum atomic E-state index is 0.153. The van der Waals surface area contributed by atoms with Crippen LogP contribution in [0, 0.1) is 11.8 Å². The summed E-state index contributed by atoms with van der Waals surface area (Å²) >= 11 is 10.0. The Bertz CT molecular complexity index is 1150. The Morgan fingerprint density at radius 2 is 1.82 bits per heavy atom. The zero-order valence-corrected chi connectivity index (χ0v) is 24.4. The van der Waals surface area contributed by atoms with Gasteiger partial charge in [-0.25, -0.2) is 0 Å². The zero-order chi connectivity index (χ0) is 26.1. The van der Waals surface area contributed by atoms with Crippen molar-refractivity contribution in [1.82, 2.24) is 20.1 Å². The predicted molar refractivity (Wildman–Crippen MR) is 156 cm³/mol. The molecule has 1 aromatic heterocycles. The molecule has 4 heterocycles. The molecule has 38 heavy (non-hydrogen) atoms. The number of pyridine rings is 1. The van der Waals surface area contributed by atoms with Gasteiger partial charge in [0.2, 0.25) is 5.91 Å². The summed E-state index contributed by atoms with van der Waals surface area (Å²) in [6.45, 7) is 5.92. The molecule has 2 saturated heterocycles. The average molecular weight is 598 g/mol. The molecule has 0 radical (unpaired) electrons. The van der Waals surface area contributed by atoms with E-state index in [2.05, 4.69) is 55.3 Å². The Balaban J connectivity index is 1.13. The van der Waals surface area contributed by atoms with E-state index in [0.717, 1.165) is 100 Å². The van der Waals surface area contributed by atoms with Crippen LogP contribution in [0.3, 0.4) is 0 Å². The molecular formula is C31H38BrClN4O. The van der Waals surface area contributed by atoms with E-state index in [1.54, 1.807) is 5.57 Å². The lowest BCUT2D eigenvalue weighted by Gasteiger charge is -2.39. The molecule has 1 aromatic carbocycles. The zero-order valence-electron chi connectivity index (χ0n) is 22.1. The maximum absolute atomic E-state index is 12.9. The van der Waals surface area contributed by atoms with Gasteiger partial charge in [-0.15, -0.1) is 0 Å². The minimum absolute atomic E-state index is 0.153. The molecule has 2 fully saturated rings. The van der Waals surface area contributed by atoms with Gasteiger partial charge in [0.1, 0.15) is 0 Å². The number of nitrogens with zero attached hydrogens (tertiary/aromatic N) is 3. The van der Waals surface area contributed by atoms with Crippen LogP contribution < -0.4 is 5.32 Å². The van der Waals surface area contributed by atoms with Crippen molar-refractivity contribution < 1.29 is 4.79 Å². The summed E-state index contributed by atoms with van der Waals surface area (Å²) in [6.07, 6.45) is 12.7. The normalized spacial score (nSPS) is 23.4. The number of halogens is 2. The van der Waals surface area contributed by atoms with Crippen molar-refractivity contribution in [2.45, 2.75) is 57.4 Å². The summed E-state index contributed by atoms with van der Waals surface area (Å²) < 4.78 is 1.04. The largest absolute Gasteiger partial charge is 0.343 e. The van der Waals surface area contributed by atoms with Crippen LogP contribution in [0.4, 0.5) is 0 Å². The molecule has 1 aliphatic carbocycles. The highest BCUT2D eigenvalue weighted by Crippen LogP contribution is 2.39. The highest BCUT2D eigenvalue weighted by molar-refractivity contribution is 9.10. The van der Waals surface area contributed by atoms with Crippen LogP contribution in [-0.4, -0.2) is 60.0 Å². The van der Waals surface area contributed by atoms with Gasteiger partial charge in [0.25, 0.3) is 0 Å². The Hall–Kier alpha value is -1.73. The molecule has 1 atom stereocenters. The fraction of sp³-hybridized carbons (Fsp3) is 0.548. The van der Waals surface area contributed by atoms with Crippen molar-refractivity contribution in [1.29, 1.82) is 0 Å². The quantitative estimate of drug-likeness (QED) is 0.443. The topological polar surface area (TPSA) is 48.5 Å². The van der Waals surface area contributed by atoms with E-state index < -0.39 is 0 Å². The van der Waals surface area contributed by atoms with Gasteiger partial charge in [-0.1, -0.05) is 29.3 Å². The number of hydrogen-bond acceptors (Lipinski definition) is 4. The molecule has 202 valence electrons. The molecule has 7 heteroatoms. The van der Waals surface area contributed by atoms with Gasteiger partial charge < -0.3 is 10.2 Å². The standard InChI is InChI=1S/C31H38BrClN4O/c32-26-18-25-2-1-24-19-27(33)3-4-28(24)31(30(25)35-20-26)37-15-9-23(10-16-37)22-7-13-36(14-8-22)29(38)17-21-5-11-34-12-6-21/h3-4,9,18-22,31,34H,1-2,5-8,10-17H2. The summed E-state index contributed by atoms with van der Waals surface area (Å²) in [5.41, 5.74) is 6.80. The van der Waals surface area contributed by atoms with Crippen molar-refractivity contribution in [2.24, 2.45) is 11.8 Å². The summed E-state index contributed by atoms with van der Waals surface area (Å²) in [5.74, 6) is 1.56. The first-order valence-electron chi connectivity index (χ1n) is 14.4. The van der Waals surface area contributed by atoms with Crippen molar-refractivity contribution >= 4 is 33.4 Å². The number of piperidine rings is 2.